The van der Waals surface area contributed by atoms with Crippen molar-refractivity contribution in [3.63, 3.8) is 0 Å². The maximum Gasteiger partial charge on any atom is 0.338 e. The zero-order valence-electron chi connectivity index (χ0n) is 8.99. The lowest BCUT2D eigenvalue weighted by Gasteiger charge is -2.04. The van der Waals surface area contributed by atoms with Gasteiger partial charge in [0.05, 0.1) is 0 Å². The summed E-state index contributed by atoms with van der Waals surface area (Å²) in [4.78, 5) is 11.5. The van der Waals surface area contributed by atoms with Crippen molar-refractivity contribution in [3.8, 4) is 5.75 Å². The largest absolute Gasteiger partial charge is 0.423 e. The molecule has 0 aliphatic rings. The molecule has 0 aliphatic heterocycles. The van der Waals surface area contributed by atoms with Crippen molar-refractivity contribution in [3.05, 3.63) is 35.9 Å². The standard InChI is InChI=1S/C12H15NO2/c1-3-4-9(2)12(14)15-11-7-5-10(13)6-8-11/h4-8H,3,13H2,1-2H3. The Morgan fingerprint density at radius 3 is 2.53 bits per heavy atom. The van der Waals surface area contributed by atoms with Gasteiger partial charge in [-0.05, 0) is 37.6 Å². The molecule has 0 amide bonds. The molecule has 0 aliphatic carbocycles. The monoisotopic (exact) mass is 205 g/mol. The molecule has 0 spiro atoms. The van der Waals surface area contributed by atoms with Crippen LogP contribution < -0.4 is 10.5 Å². The number of nitrogens with two attached hydrogens (primary N) is 1. The van der Waals surface area contributed by atoms with Crippen molar-refractivity contribution in [1.82, 2.24) is 0 Å². The molecule has 1 aromatic rings. The second-order valence-corrected chi connectivity index (χ2v) is 3.25. The molecule has 0 saturated heterocycles. The van der Waals surface area contributed by atoms with Crippen LogP contribution in [0.1, 0.15) is 20.3 Å². The smallest absolute Gasteiger partial charge is 0.338 e. The Morgan fingerprint density at radius 2 is 2.00 bits per heavy atom. The molecular formula is C12H15NO2. The third-order valence-electron chi connectivity index (χ3n) is 1.92. The SMILES string of the molecule is CCC=C(C)C(=O)Oc1ccc(N)cc1. The number of allylic oxidation sites excluding steroid dienone is 1. The van der Waals surface area contributed by atoms with Crippen LogP contribution in [0.4, 0.5) is 5.69 Å². The fourth-order valence-electron chi connectivity index (χ4n) is 1.11. The Morgan fingerprint density at radius 1 is 1.40 bits per heavy atom. The van der Waals surface area contributed by atoms with E-state index in [-0.39, 0.29) is 5.97 Å². The first-order chi connectivity index (χ1) is 7.13. The molecule has 0 unspecified atom stereocenters. The average molecular weight is 205 g/mol. The van der Waals surface area contributed by atoms with Crippen molar-refractivity contribution < 1.29 is 9.53 Å². The van der Waals surface area contributed by atoms with Crippen molar-refractivity contribution in [2.75, 3.05) is 5.73 Å². The number of ether oxygens (including phenoxy) is 1. The molecule has 0 heterocycles. The summed E-state index contributed by atoms with van der Waals surface area (Å²) in [6, 6.07) is 6.74. The van der Waals surface area contributed by atoms with E-state index in [0.29, 0.717) is 17.0 Å². The van der Waals surface area contributed by atoms with Crippen molar-refractivity contribution in [2.24, 2.45) is 0 Å². The maximum atomic E-state index is 11.5. The van der Waals surface area contributed by atoms with E-state index in [9.17, 15) is 4.79 Å². The van der Waals surface area contributed by atoms with Crippen LogP contribution in [0.25, 0.3) is 0 Å². The number of carbonyl (C=O) groups excluding carboxylic acids is 1. The number of anilines is 1. The molecule has 2 N–H and O–H groups in total. The second-order valence-electron chi connectivity index (χ2n) is 3.25. The molecule has 0 radical (unpaired) electrons. The van der Waals surface area contributed by atoms with Crippen LogP contribution in [0.5, 0.6) is 5.75 Å². The highest BCUT2D eigenvalue weighted by molar-refractivity contribution is 5.89. The lowest BCUT2D eigenvalue weighted by molar-refractivity contribution is -0.130. The van der Waals surface area contributed by atoms with Crippen LogP contribution >= 0.6 is 0 Å². The fourth-order valence-corrected chi connectivity index (χ4v) is 1.11. The number of esters is 1. The van der Waals surface area contributed by atoms with Gasteiger partial charge in [-0.3, -0.25) is 0 Å². The van der Waals surface area contributed by atoms with Crippen LogP contribution in [-0.4, -0.2) is 5.97 Å². The first kappa shape index (κ1) is 11.3. The van der Waals surface area contributed by atoms with Crippen molar-refractivity contribution in [2.45, 2.75) is 20.3 Å². The Bertz CT molecular complexity index is 366. The predicted molar refractivity (Wildman–Crippen MR) is 60.5 cm³/mol. The third kappa shape index (κ3) is 3.46. The highest BCUT2D eigenvalue weighted by Gasteiger charge is 2.05. The summed E-state index contributed by atoms with van der Waals surface area (Å²) in [5.41, 5.74) is 6.78. The minimum Gasteiger partial charge on any atom is -0.423 e. The molecule has 1 rings (SSSR count). The van der Waals surface area contributed by atoms with E-state index in [4.69, 9.17) is 10.5 Å². The molecule has 0 fully saturated rings. The van der Waals surface area contributed by atoms with Crippen LogP contribution in [0, 0.1) is 0 Å². The Kier molecular flexibility index (Phi) is 3.92. The third-order valence-corrected chi connectivity index (χ3v) is 1.92. The number of carbonyl (C=O) groups is 1. The van der Waals surface area contributed by atoms with Gasteiger partial charge >= 0.3 is 5.97 Å². The molecule has 0 aromatic heterocycles. The van der Waals surface area contributed by atoms with E-state index >= 15 is 0 Å². The van der Waals surface area contributed by atoms with Crippen LogP contribution in [0.15, 0.2) is 35.9 Å². The molecule has 0 bridgehead atoms. The summed E-state index contributed by atoms with van der Waals surface area (Å²) in [5, 5.41) is 0. The Hall–Kier alpha value is -1.77. The average Bonchev–Trinajstić information content (AvgIpc) is 2.22. The number of hydrogen-bond acceptors (Lipinski definition) is 3. The minimum absolute atomic E-state index is 0.318. The molecule has 3 nitrogen and oxygen atoms in total. The van der Waals surface area contributed by atoms with Gasteiger partial charge in [0, 0.05) is 11.3 Å². The number of rotatable bonds is 3. The first-order valence-electron chi connectivity index (χ1n) is 4.88. The highest BCUT2D eigenvalue weighted by atomic mass is 16.5. The van der Waals surface area contributed by atoms with Gasteiger partial charge in [-0.2, -0.15) is 0 Å². The van der Waals surface area contributed by atoms with E-state index in [0.717, 1.165) is 6.42 Å². The predicted octanol–water partition coefficient (Wildman–Crippen LogP) is 2.53. The number of hydrogen-bond donors (Lipinski definition) is 1. The van der Waals surface area contributed by atoms with E-state index < -0.39 is 0 Å². The molecule has 1 aromatic carbocycles. The molecule has 3 heteroatoms. The van der Waals surface area contributed by atoms with Crippen LogP contribution in [0.2, 0.25) is 0 Å². The summed E-state index contributed by atoms with van der Waals surface area (Å²) in [7, 11) is 0. The zero-order valence-corrected chi connectivity index (χ0v) is 8.99. The van der Waals surface area contributed by atoms with Gasteiger partial charge in [-0.25, -0.2) is 4.79 Å². The summed E-state index contributed by atoms with van der Waals surface area (Å²) in [6.45, 7) is 3.71. The zero-order chi connectivity index (χ0) is 11.3. The van der Waals surface area contributed by atoms with Crippen LogP contribution in [0.3, 0.4) is 0 Å². The fraction of sp³-hybridized carbons (Fsp3) is 0.250. The van der Waals surface area contributed by atoms with Crippen molar-refractivity contribution >= 4 is 11.7 Å². The summed E-state index contributed by atoms with van der Waals surface area (Å²) in [6.07, 6.45) is 2.66. The van der Waals surface area contributed by atoms with Gasteiger partial charge in [-0.15, -0.1) is 0 Å². The van der Waals surface area contributed by atoms with E-state index in [1.807, 2.05) is 13.0 Å². The normalized spacial score (nSPS) is 11.2. The summed E-state index contributed by atoms with van der Waals surface area (Å²) in [5.74, 6) is 0.194. The van der Waals surface area contributed by atoms with Crippen LogP contribution in [-0.2, 0) is 4.79 Å². The molecular weight excluding hydrogens is 190 g/mol. The van der Waals surface area contributed by atoms with Gasteiger partial charge < -0.3 is 10.5 Å². The highest BCUT2D eigenvalue weighted by Crippen LogP contribution is 2.14. The first-order valence-corrected chi connectivity index (χ1v) is 4.88. The van der Waals surface area contributed by atoms with Crippen molar-refractivity contribution in [1.29, 1.82) is 0 Å². The quantitative estimate of drug-likeness (QED) is 0.357. The second kappa shape index (κ2) is 5.20. The molecule has 15 heavy (non-hydrogen) atoms. The van der Waals surface area contributed by atoms with E-state index in [2.05, 4.69) is 0 Å². The molecule has 80 valence electrons. The van der Waals surface area contributed by atoms with Gasteiger partial charge in [0.15, 0.2) is 0 Å². The lowest BCUT2D eigenvalue weighted by Crippen LogP contribution is -2.09. The maximum absolute atomic E-state index is 11.5. The topological polar surface area (TPSA) is 52.3 Å². The number of nitrogen functional groups attached to an aromatic ring is 1. The lowest BCUT2D eigenvalue weighted by atomic mass is 10.2. The minimum atomic E-state index is -0.318. The number of benzene rings is 1. The van der Waals surface area contributed by atoms with Gasteiger partial charge in [0.2, 0.25) is 0 Å². The van der Waals surface area contributed by atoms with E-state index in [1.54, 1.807) is 31.2 Å². The van der Waals surface area contributed by atoms with Gasteiger partial charge in [-0.1, -0.05) is 13.0 Å². The van der Waals surface area contributed by atoms with Gasteiger partial charge in [0.1, 0.15) is 5.75 Å². The summed E-state index contributed by atoms with van der Waals surface area (Å²) < 4.78 is 5.12. The Labute approximate surface area is 89.5 Å². The molecule has 0 saturated carbocycles. The van der Waals surface area contributed by atoms with Gasteiger partial charge in [0.25, 0.3) is 0 Å². The molecule has 0 atom stereocenters. The Balaban J connectivity index is 2.66. The van der Waals surface area contributed by atoms with E-state index in [1.165, 1.54) is 0 Å². The summed E-state index contributed by atoms with van der Waals surface area (Å²) >= 11 is 0.